The second-order valence-electron chi connectivity index (χ2n) is 5.94. The lowest BCUT2D eigenvalue weighted by Crippen LogP contribution is -2.54. The lowest BCUT2D eigenvalue weighted by atomic mass is 9.62. The predicted octanol–water partition coefficient (Wildman–Crippen LogP) is 2.80. The average molecular weight is 350 g/mol. The number of hydrogen-bond acceptors (Lipinski definition) is 5. The van der Waals surface area contributed by atoms with Crippen molar-refractivity contribution in [3.8, 4) is 0 Å². The van der Waals surface area contributed by atoms with Gasteiger partial charge in [-0.2, -0.15) is 0 Å². The number of hydrogen-bond donors (Lipinski definition) is 0. The molecule has 2 aromatic carbocycles. The van der Waals surface area contributed by atoms with Gasteiger partial charge in [-0.15, -0.1) is 0 Å². The number of carbonyl (C=O) groups excluding carboxylic acids is 3. The van der Waals surface area contributed by atoms with E-state index in [-0.39, 0.29) is 0 Å². The fourth-order valence-corrected chi connectivity index (χ4v) is 3.47. The fourth-order valence-electron chi connectivity index (χ4n) is 3.47. The van der Waals surface area contributed by atoms with Gasteiger partial charge >= 0.3 is 11.9 Å². The Morgan fingerprint density at radius 2 is 1.54 bits per heavy atom. The third kappa shape index (κ3) is 2.52. The van der Waals surface area contributed by atoms with Crippen LogP contribution in [0.4, 0.5) is 0 Å². The number of rotatable bonds is 4. The third-order valence-corrected chi connectivity index (χ3v) is 4.68. The summed E-state index contributed by atoms with van der Waals surface area (Å²) in [4.78, 5) is 39.1. The highest BCUT2D eigenvalue weighted by molar-refractivity contribution is 6.21. The van der Waals surface area contributed by atoms with Crippen LogP contribution >= 0.6 is 0 Å². The largest absolute Gasteiger partial charge is 0.469 e. The normalized spacial score (nSPS) is 20.8. The van der Waals surface area contributed by atoms with Crippen molar-refractivity contribution in [1.29, 1.82) is 0 Å². The summed E-state index contributed by atoms with van der Waals surface area (Å²) in [5.41, 5.74) is -0.410. The number of esters is 2. The van der Waals surface area contributed by atoms with Gasteiger partial charge in [0.15, 0.2) is 11.2 Å². The quantitative estimate of drug-likeness (QED) is 0.482. The minimum Gasteiger partial charge on any atom is -0.469 e. The maximum absolute atomic E-state index is 13.6. The van der Waals surface area contributed by atoms with Crippen LogP contribution < -0.4 is 0 Å². The zero-order valence-electron chi connectivity index (χ0n) is 14.5. The van der Waals surface area contributed by atoms with Crippen LogP contribution in [0.25, 0.3) is 6.08 Å². The van der Waals surface area contributed by atoms with E-state index in [1.807, 2.05) is 0 Å². The fraction of sp³-hybridized carbons (Fsp3) is 0.190. The van der Waals surface area contributed by atoms with E-state index in [9.17, 15) is 14.4 Å². The van der Waals surface area contributed by atoms with Crippen molar-refractivity contribution >= 4 is 23.8 Å². The summed E-state index contributed by atoms with van der Waals surface area (Å²) < 4.78 is 9.91. The maximum atomic E-state index is 13.6. The molecule has 1 aliphatic carbocycles. The molecule has 5 nitrogen and oxygen atoms in total. The molecule has 0 fully saturated rings. The van der Waals surface area contributed by atoms with E-state index >= 15 is 0 Å². The molecule has 0 saturated carbocycles. The molecule has 0 radical (unpaired) electrons. The molecule has 0 spiro atoms. The summed E-state index contributed by atoms with van der Waals surface area (Å²) >= 11 is 0. The van der Waals surface area contributed by atoms with Crippen LogP contribution in [0.5, 0.6) is 0 Å². The Balaban J connectivity index is 2.34. The first-order valence-corrected chi connectivity index (χ1v) is 8.11. The lowest BCUT2D eigenvalue weighted by Gasteiger charge is -2.37. The second-order valence-corrected chi connectivity index (χ2v) is 5.94. The van der Waals surface area contributed by atoms with Crippen molar-refractivity contribution in [3.63, 3.8) is 0 Å². The van der Waals surface area contributed by atoms with E-state index in [4.69, 9.17) is 9.47 Å². The molecular formula is C21H18O5. The highest BCUT2D eigenvalue weighted by Gasteiger charge is 2.59. The van der Waals surface area contributed by atoms with Gasteiger partial charge in [0.1, 0.15) is 5.92 Å². The molecule has 0 saturated heterocycles. The van der Waals surface area contributed by atoms with E-state index in [0.717, 1.165) is 0 Å². The SMILES string of the molecule is COC(=O)C1C=Cc2ccccc2C1(C(=O)OC)C(=O)c1ccccc1. The topological polar surface area (TPSA) is 69.7 Å². The van der Waals surface area contributed by atoms with E-state index in [2.05, 4.69) is 0 Å². The van der Waals surface area contributed by atoms with Gasteiger partial charge in [0, 0.05) is 5.56 Å². The number of methoxy groups -OCH3 is 2. The molecule has 0 amide bonds. The van der Waals surface area contributed by atoms with Crippen LogP contribution in [0, 0.1) is 5.92 Å². The molecule has 2 unspecified atom stereocenters. The van der Waals surface area contributed by atoms with Gasteiger partial charge < -0.3 is 9.47 Å². The van der Waals surface area contributed by atoms with E-state index in [0.29, 0.717) is 16.7 Å². The second kappa shape index (κ2) is 6.96. The molecule has 5 heteroatoms. The summed E-state index contributed by atoms with van der Waals surface area (Å²) in [7, 11) is 2.43. The number of ketones is 1. The molecule has 0 heterocycles. The van der Waals surface area contributed by atoms with E-state index < -0.39 is 29.1 Å². The van der Waals surface area contributed by atoms with Crippen LogP contribution in [-0.2, 0) is 24.5 Å². The van der Waals surface area contributed by atoms with Crippen LogP contribution in [-0.4, -0.2) is 31.9 Å². The Labute approximate surface area is 151 Å². The molecule has 26 heavy (non-hydrogen) atoms. The van der Waals surface area contributed by atoms with Gasteiger partial charge in [-0.1, -0.05) is 66.7 Å². The molecule has 2 aromatic rings. The van der Waals surface area contributed by atoms with Crippen molar-refractivity contribution in [2.45, 2.75) is 5.41 Å². The maximum Gasteiger partial charge on any atom is 0.325 e. The summed E-state index contributed by atoms with van der Waals surface area (Å²) in [6.45, 7) is 0. The molecule has 2 atom stereocenters. The molecule has 132 valence electrons. The molecule has 0 aliphatic heterocycles. The van der Waals surface area contributed by atoms with Crippen molar-refractivity contribution in [2.24, 2.45) is 5.92 Å². The van der Waals surface area contributed by atoms with Crippen LogP contribution in [0.3, 0.4) is 0 Å². The van der Waals surface area contributed by atoms with E-state index in [1.54, 1.807) is 60.7 Å². The first-order chi connectivity index (χ1) is 12.6. The Morgan fingerprint density at radius 1 is 0.885 bits per heavy atom. The number of benzene rings is 2. The van der Waals surface area contributed by atoms with Gasteiger partial charge in [0.05, 0.1) is 14.2 Å². The van der Waals surface area contributed by atoms with Gasteiger partial charge in [0.25, 0.3) is 0 Å². The number of ether oxygens (including phenoxy) is 2. The Hall–Kier alpha value is -3.21. The first kappa shape index (κ1) is 17.6. The standard InChI is InChI=1S/C21H18O5/c1-25-19(23)17-13-12-14-8-6-7-11-16(14)21(17,20(24)26-2)18(22)15-9-4-3-5-10-15/h3-13,17H,1-2H3. The summed E-state index contributed by atoms with van der Waals surface area (Å²) in [5.74, 6) is -3.09. The smallest absolute Gasteiger partial charge is 0.325 e. The van der Waals surface area contributed by atoms with Gasteiger partial charge in [-0.25, -0.2) is 0 Å². The molecule has 0 N–H and O–H groups in total. The Kier molecular flexibility index (Phi) is 4.71. The summed E-state index contributed by atoms with van der Waals surface area (Å²) in [6, 6.07) is 15.4. The lowest BCUT2D eigenvalue weighted by molar-refractivity contribution is -0.155. The minimum absolute atomic E-state index is 0.317. The first-order valence-electron chi connectivity index (χ1n) is 8.11. The highest BCUT2D eigenvalue weighted by atomic mass is 16.5. The van der Waals surface area contributed by atoms with Crippen LogP contribution in [0.2, 0.25) is 0 Å². The number of carbonyl (C=O) groups is 3. The van der Waals surface area contributed by atoms with Gasteiger partial charge in [-0.3, -0.25) is 14.4 Å². The Bertz CT molecular complexity index is 884. The molecule has 3 rings (SSSR count). The number of fused-ring (bicyclic) bond motifs is 1. The van der Waals surface area contributed by atoms with Crippen molar-refractivity contribution < 1.29 is 23.9 Å². The molecular weight excluding hydrogens is 332 g/mol. The third-order valence-electron chi connectivity index (χ3n) is 4.68. The van der Waals surface area contributed by atoms with Crippen molar-refractivity contribution in [1.82, 2.24) is 0 Å². The van der Waals surface area contributed by atoms with Crippen LogP contribution in [0.1, 0.15) is 21.5 Å². The predicted molar refractivity (Wildman–Crippen MR) is 95.4 cm³/mol. The van der Waals surface area contributed by atoms with Gasteiger partial charge in [-0.05, 0) is 11.1 Å². The number of Topliss-reactive ketones (excluding diaryl/α,β-unsaturated/α-hetero) is 1. The van der Waals surface area contributed by atoms with Crippen molar-refractivity contribution in [2.75, 3.05) is 14.2 Å². The molecule has 0 bridgehead atoms. The summed E-state index contributed by atoms with van der Waals surface area (Å²) in [6.07, 6.45) is 3.25. The Morgan fingerprint density at radius 3 is 2.19 bits per heavy atom. The molecule has 0 aromatic heterocycles. The molecule has 1 aliphatic rings. The monoisotopic (exact) mass is 350 g/mol. The van der Waals surface area contributed by atoms with Crippen molar-refractivity contribution in [3.05, 3.63) is 77.4 Å². The average Bonchev–Trinajstić information content (AvgIpc) is 2.71. The van der Waals surface area contributed by atoms with E-state index in [1.165, 1.54) is 20.3 Å². The minimum atomic E-state index is -1.84. The zero-order chi connectivity index (χ0) is 18.7. The highest BCUT2D eigenvalue weighted by Crippen LogP contribution is 2.44. The van der Waals surface area contributed by atoms with Gasteiger partial charge in [0.2, 0.25) is 0 Å². The van der Waals surface area contributed by atoms with Crippen LogP contribution in [0.15, 0.2) is 60.7 Å². The zero-order valence-corrected chi connectivity index (χ0v) is 14.5. The summed E-state index contributed by atoms with van der Waals surface area (Å²) in [5, 5.41) is 0.